The molecule has 0 bridgehead atoms. The Kier molecular flexibility index (Phi) is 8.26. The highest BCUT2D eigenvalue weighted by Gasteiger charge is 2.14. The van der Waals surface area contributed by atoms with Crippen molar-refractivity contribution >= 4 is 29.2 Å². The number of nitrogens with two attached hydrogens (primary N) is 1. The molecule has 0 aliphatic rings. The maximum Gasteiger partial charge on any atom is 0.305 e. The summed E-state index contributed by atoms with van der Waals surface area (Å²) < 4.78 is 9.72. The van der Waals surface area contributed by atoms with Crippen LogP contribution >= 0.6 is 11.6 Å². The SMILES string of the molecule is COC(=O)CCCCCCNC(=O)c1cc(Cl)c(N)cc1OC. The van der Waals surface area contributed by atoms with Crippen molar-refractivity contribution in [2.75, 3.05) is 26.5 Å². The number of benzene rings is 1. The van der Waals surface area contributed by atoms with Crippen LogP contribution in [0.1, 0.15) is 42.5 Å². The molecule has 23 heavy (non-hydrogen) atoms. The first kappa shape index (κ1) is 19.1. The molecule has 0 aromatic heterocycles. The maximum absolute atomic E-state index is 12.2. The molecule has 0 unspecified atom stereocenters. The summed E-state index contributed by atoms with van der Waals surface area (Å²) in [6.07, 6.45) is 3.91. The first-order valence-electron chi connectivity index (χ1n) is 7.47. The molecule has 1 aromatic carbocycles. The molecule has 6 nitrogen and oxygen atoms in total. The summed E-state index contributed by atoms with van der Waals surface area (Å²) in [5.74, 6) is -0.0496. The summed E-state index contributed by atoms with van der Waals surface area (Å²) in [4.78, 5) is 23.1. The highest BCUT2D eigenvalue weighted by atomic mass is 35.5. The number of nitrogens with one attached hydrogen (secondary N) is 1. The summed E-state index contributed by atoms with van der Waals surface area (Å²) in [5.41, 5.74) is 6.41. The van der Waals surface area contributed by atoms with Crippen molar-refractivity contribution in [3.8, 4) is 5.75 Å². The number of hydrogen-bond donors (Lipinski definition) is 2. The van der Waals surface area contributed by atoms with Gasteiger partial charge in [0.05, 0.1) is 30.5 Å². The third kappa shape index (κ3) is 6.36. The van der Waals surface area contributed by atoms with Crippen molar-refractivity contribution in [2.24, 2.45) is 0 Å². The molecule has 0 atom stereocenters. The highest BCUT2D eigenvalue weighted by molar-refractivity contribution is 6.33. The summed E-state index contributed by atoms with van der Waals surface area (Å²) in [6.45, 7) is 0.544. The fourth-order valence-corrected chi connectivity index (χ4v) is 2.23. The number of halogens is 1. The average Bonchev–Trinajstić information content (AvgIpc) is 2.55. The fourth-order valence-electron chi connectivity index (χ4n) is 2.06. The number of carbonyl (C=O) groups is 2. The van der Waals surface area contributed by atoms with Crippen molar-refractivity contribution in [1.82, 2.24) is 5.32 Å². The van der Waals surface area contributed by atoms with Gasteiger partial charge in [-0.2, -0.15) is 0 Å². The van der Waals surface area contributed by atoms with Crippen LogP contribution in [0.2, 0.25) is 5.02 Å². The normalized spacial score (nSPS) is 10.2. The predicted octanol–water partition coefficient (Wildman–Crippen LogP) is 2.78. The third-order valence-corrected chi connectivity index (χ3v) is 3.71. The van der Waals surface area contributed by atoms with Crippen molar-refractivity contribution in [2.45, 2.75) is 32.1 Å². The van der Waals surface area contributed by atoms with Gasteiger partial charge in [0.15, 0.2) is 0 Å². The molecule has 128 valence electrons. The minimum atomic E-state index is -0.252. The van der Waals surface area contributed by atoms with Gasteiger partial charge in [-0.1, -0.05) is 24.4 Å². The molecule has 1 amide bonds. The molecule has 1 aromatic rings. The van der Waals surface area contributed by atoms with E-state index in [9.17, 15) is 9.59 Å². The number of methoxy groups -OCH3 is 2. The molecule has 0 heterocycles. The smallest absolute Gasteiger partial charge is 0.305 e. The van der Waals surface area contributed by atoms with E-state index in [1.165, 1.54) is 26.4 Å². The highest BCUT2D eigenvalue weighted by Crippen LogP contribution is 2.28. The molecular formula is C16H23ClN2O4. The van der Waals surface area contributed by atoms with E-state index in [1.807, 2.05) is 0 Å². The molecule has 0 aliphatic heterocycles. The number of nitrogen functional groups attached to an aromatic ring is 1. The number of amides is 1. The van der Waals surface area contributed by atoms with Gasteiger partial charge in [0.1, 0.15) is 5.75 Å². The Morgan fingerprint density at radius 1 is 1.17 bits per heavy atom. The molecule has 0 aliphatic carbocycles. The largest absolute Gasteiger partial charge is 0.496 e. The summed E-state index contributed by atoms with van der Waals surface area (Å²) in [6, 6.07) is 3.03. The van der Waals surface area contributed by atoms with Gasteiger partial charge in [0.2, 0.25) is 0 Å². The van der Waals surface area contributed by atoms with Crippen LogP contribution in [0.3, 0.4) is 0 Å². The second-order valence-electron chi connectivity index (χ2n) is 5.07. The molecule has 3 N–H and O–H groups in total. The van der Waals surface area contributed by atoms with Crippen LogP contribution in [0.25, 0.3) is 0 Å². The van der Waals surface area contributed by atoms with Gasteiger partial charge in [-0.25, -0.2) is 0 Å². The Labute approximate surface area is 141 Å². The van der Waals surface area contributed by atoms with Gasteiger partial charge in [-0.3, -0.25) is 9.59 Å². The van der Waals surface area contributed by atoms with E-state index in [0.717, 1.165) is 25.7 Å². The Hall–Kier alpha value is -1.95. The van der Waals surface area contributed by atoms with Crippen LogP contribution in [-0.2, 0) is 9.53 Å². The van der Waals surface area contributed by atoms with Crippen LogP contribution in [0.5, 0.6) is 5.75 Å². The van der Waals surface area contributed by atoms with Crippen LogP contribution in [0.15, 0.2) is 12.1 Å². The van der Waals surface area contributed by atoms with Gasteiger partial charge in [0, 0.05) is 19.0 Å². The Bertz CT molecular complexity index is 549. The standard InChI is InChI=1S/C16H23ClN2O4/c1-22-14-10-13(18)12(17)9-11(14)16(21)19-8-6-4-3-5-7-15(20)23-2/h9-10H,3-8,18H2,1-2H3,(H,19,21). The Morgan fingerprint density at radius 2 is 1.87 bits per heavy atom. The number of hydrogen-bond acceptors (Lipinski definition) is 5. The summed E-state index contributed by atoms with van der Waals surface area (Å²) in [5, 5.41) is 3.14. The van der Waals surface area contributed by atoms with Gasteiger partial charge in [0.25, 0.3) is 5.91 Å². The van der Waals surface area contributed by atoms with Crippen LogP contribution < -0.4 is 15.8 Å². The number of ether oxygens (including phenoxy) is 2. The van der Waals surface area contributed by atoms with E-state index in [2.05, 4.69) is 10.1 Å². The first-order chi connectivity index (χ1) is 11.0. The predicted molar refractivity (Wildman–Crippen MR) is 89.9 cm³/mol. The third-order valence-electron chi connectivity index (χ3n) is 3.38. The van der Waals surface area contributed by atoms with E-state index in [0.29, 0.717) is 35.0 Å². The summed E-state index contributed by atoms with van der Waals surface area (Å²) >= 11 is 5.94. The lowest BCUT2D eigenvalue weighted by atomic mass is 10.1. The van der Waals surface area contributed by atoms with E-state index in [1.54, 1.807) is 0 Å². The van der Waals surface area contributed by atoms with E-state index < -0.39 is 0 Å². The molecule has 7 heteroatoms. The van der Waals surface area contributed by atoms with Crippen LogP contribution in [0.4, 0.5) is 5.69 Å². The van der Waals surface area contributed by atoms with E-state index in [-0.39, 0.29) is 11.9 Å². The van der Waals surface area contributed by atoms with Gasteiger partial charge in [-0.15, -0.1) is 0 Å². The van der Waals surface area contributed by atoms with E-state index in [4.69, 9.17) is 22.1 Å². The first-order valence-corrected chi connectivity index (χ1v) is 7.85. The number of anilines is 1. The topological polar surface area (TPSA) is 90.7 Å². The minimum Gasteiger partial charge on any atom is -0.496 e. The fraction of sp³-hybridized carbons (Fsp3) is 0.500. The Morgan fingerprint density at radius 3 is 2.52 bits per heavy atom. The number of esters is 1. The molecule has 1 rings (SSSR count). The molecule has 0 spiro atoms. The second kappa shape index (κ2) is 9.94. The summed E-state index contributed by atoms with van der Waals surface area (Å²) in [7, 11) is 2.86. The van der Waals surface area contributed by atoms with E-state index >= 15 is 0 Å². The van der Waals surface area contributed by atoms with Crippen molar-refractivity contribution < 1.29 is 19.1 Å². The second-order valence-corrected chi connectivity index (χ2v) is 5.48. The molecule has 0 fully saturated rings. The number of unbranched alkanes of at least 4 members (excludes halogenated alkanes) is 3. The molecule has 0 saturated carbocycles. The maximum atomic E-state index is 12.2. The zero-order valence-electron chi connectivity index (χ0n) is 13.5. The molecular weight excluding hydrogens is 320 g/mol. The molecule has 0 saturated heterocycles. The van der Waals surface area contributed by atoms with Gasteiger partial charge >= 0.3 is 5.97 Å². The minimum absolute atomic E-state index is 0.189. The monoisotopic (exact) mass is 342 g/mol. The number of rotatable bonds is 9. The lowest BCUT2D eigenvalue weighted by Gasteiger charge is -2.11. The zero-order valence-corrected chi connectivity index (χ0v) is 14.2. The zero-order chi connectivity index (χ0) is 17.2. The Balaban J connectivity index is 2.35. The van der Waals surface area contributed by atoms with Crippen LogP contribution in [0, 0.1) is 0 Å². The van der Waals surface area contributed by atoms with Crippen molar-refractivity contribution in [3.05, 3.63) is 22.7 Å². The number of carbonyl (C=O) groups excluding carboxylic acids is 2. The average molecular weight is 343 g/mol. The van der Waals surface area contributed by atoms with Crippen molar-refractivity contribution in [1.29, 1.82) is 0 Å². The lowest BCUT2D eigenvalue weighted by Crippen LogP contribution is -2.25. The van der Waals surface area contributed by atoms with Gasteiger partial charge in [-0.05, 0) is 18.9 Å². The van der Waals surface area contributed by atoms with Crippen molar-refractivity contribution in [3.63, 3.8) is 0 Å². The van der Waals surface area contributed by atoms with Crippen LogP contribution in [-0.4, -0.2) is 32.6 Å². The lowest BCUT2D eigenvalue weighted by molar-refractivity contribution is -0.140. The van der Waals surface area contributed by atoms with Gasteiger partial charge < -0.3 is 20.5 Å². The molecule has 0 radical (unpaired) electrons. The quantitative estimate of drug-likeness (QED) is 0.409.